The molecule has 0 saturated carbocycles. The Morgan fingerprint density at radius 1 is 1.31 bits per heavy atom. The number of amides is 1. The van der Waals surface area contributed by atoms with E-state index in [1.165, 1.54) is 24.3 Å². The molecule has 1 heterocycles. The molecular weight excluding hydrogens is 355 g/mol. The number of benzene rings is 1. The van der Waals surface area contributed by atoms with Gasteiger partial charge in [0, 0.05) is 12.3 Å². The van der Waals surface area contributed by atoms with Crippen molar-refractivity contribution in [1.29, 1.82) is 0 Å². The third-order valence-electron chi connectivity index (χ3n) is 3.43. The minimum Gasteiger partial charge on any atom is -0.478 e. The van der Waals surface area contributed by atoms with E-state index in [0.717, 1.165) is 0 Å². The average molecular weight is 371 g/mol. The number of aromatic nitrogens is 2. The highest BCUT2D eigenvalue weighted by atomic mass is 19.4. The van der Waals surface area contributed by atoms with Crippen LogP contribution in [0.1, 0.15) is 29.9 Å². The van der Waals surface area contributed by atoms with Gasteiger partial charge in [-0.1, -0.05) is 0 Å². The average Bonchev–Trinajstić information content (AvgIpc) is 3.01. The smallest absolute Gasteiger partial charge is 0.434 e. The molecule has 1 aromatic heterocycles. The van der Waals surface area contributed by atoms with Gasteiger partial charge >= 0.3 is 12.1 Å². The van der Waals surface area contributed by atoms with Crippen LogP contribution in [-0.2, 0) is 15.7 Å². The molecule has 0 radical (unpaired) electrons. The van der Waals surface area contributed by atoms with Gasteiger partial charge in [0.1, 0.15) is 11.7 Å². The fourth-order valence-electron chi connectivity index (χ4n) is 2.23. The van der Waals surface area contributed by atoms with E-state index in [9.17, 15) is 22.8 Å². The lowest BCUT2D eigenvalue weighted by atomic mass is 10.2. The Morgan fingerprint density at radius 2 is 1.92 bits per heavy atom. The van der Waals surface area contributed by atoms with Gasteiger partial charge in [-0.05, 0) is 38.1 Å². The van der Waals surface area contributed by atoms with Gasteiger partial charge in [0.2, 0.25) is 0 Å². The zero-order chi connectivity index (χ0) is 19.5. The number of hydrogen-bond acceptors (Lipinski definition) is 4. The molecule has 0 aliphatic heterocycles. The highest BCUT2D eigenvalue weighted by Gasteiger charge is 2.40. The van der Waals surface area contributed by atoms with E-state index >= 15 is 0 Å². The van der Waals surface area contributed by atoms with Gasteiger partial charge in [0.25, 0.3) is 5.91 Å². The van der Waals surface area contributed by atoms with Crippen LogP contribution in [0.15, 0.2) is 30.5 Å². The second-order valence-corrected chi connectivity index (χ2v) is 5.26. The maximum Gasteiger partial charge on any atom is 0.434 e. The first-order valence-electron chi connectivity index (χ1n) is 7.56. The summed E-state index contributed by atoms with van der Waals surface area (Å²) in [6.45, 7) is 3.67. The quantitative estimate of drug-likeness (QED) is 0.814. The fourth-order valence-corrected chi connectivity index (χ4v) is 2.23. The minimum atomic E-state index is -4.90. The number of nitrogens with zero attached hydrogens (tertiary/aromatic N) is 2. The van der Waals surface area contributed by atoms with Crippen molar-refractivity contribution >= 4 is 17.6 Å². The first-order chi connectivity index (χ1) is 12.1. The van der Waals surface area contributed by atoms with Crippen molar-refractivity contribution in [3.63, 3.8) is 0 Å². The number of anilines is 1. The number of halogens is 3. The van der Waals surface area contributed by atoms with Gasteiger partial charge in [-0.25, -0.2) is 9.48 Å². The van der Waals surface area contributed by atoms with Crippen LogP contribution >= 0.6 is 0 Å². The van der Waals surface area contributed by atoms with Crippen LogP contribution in [0.25, 0.3) is 5.69 Å². The molecule has 1 aromatic carbocycles. The number of carboxylic acids is 1. The van der Waals surface area contributed by atoms with Gasteiger partial charge in [0.05, 0.1) is 11.9 Å². The summed E-state index contributed by atoms with van der Waals surface area (Å²) in [5.74, 6) is -2.12. The second-order valence-electron chi connectivity index (χ2n) is 5.26. The topological polar surface area (TPSA) is 93.5 Å². The van der Waals surface area contributed by atoms with E-state index in [0.29, 0.717) is 23.2 Å². The van der Waals surface area contributed by atoms with Crippen LogP contribution in [0, 0.1) is 0 Å². The number of carbonyl (C=O) groups is 2. The zero-order valence-electron chi connectivity index (χ0n) is 13.9. The molecule has 0 saturated heterocycles. The summed E-state index contributed by atoms with van der Waals surface area (Å²) in [6.07, 6.45) is -4.94. The van der Waals surface area contributed by atoms with Crippen LogP contribution in [-0.4, -0.2) is 39.5 Å². The number of ether oxygens (including phenoxy) is 1. The molecule has 0 fully saturated rings. The molecule has 1 atom stereocenters. The minimum absolute atomic E-state index is 0.000630. The molecule has 0 aliphatic carbocycles. The first-order valence-corrected chi connectivity index (χ1v) is 7.56. The molecular formula is C16H16F3N3O4. The lowest BCUT2D eigenvalue weighted by Crippen LogP contribution is -2.27. The first kappa shape index (κ1) is 19.4. The van der Waals surface area contributed by atoms with E-state index in [1.54, 1.807) is 13.8 Å². The lowest BCUT2D eigenvalue weighted by Gasteiger charge is -2.14. The molecule has 2 N–H and O–H groups in total. The van der Waals surface area contributed by atoms with Crippen molar-refractivity contribution in [3.05, 3.63) is 41.7 Å². The highest BCUT2D eigenvalue weighted by Crippen LogP contribution is 2.33. The van der Waals surface area contributed by atoms with Gasteiger partial charge in [-0.2, -0.15) is 18.3 Å². The Hall–Kier alpha value is -2.88. The van der Waals surface area contributed by atoms with E-state index in [2.05, 4.69) is 10.4 Å². The molecule has 7 nitrogen and oxygen atoms in total. The van der Waals surface area contributed by atoms with Crippen LogP contribution in [0.4, 0.5) is 18.9 Å². The third-order valence-corrected chi connectivity index (χ3v) is 3.43. The van der Waals surface area contributed by atoms with Crippen molar-refractivity contribution in [2.24, 2.45) is 0 Å². The Morgan fingerprint density at radius 3 is 2.42 bits per heavy atom. The molecule has 2 rings (SSSR count). The maximum atomic E-state index is 13.2. The number of carbonyl (C=O) groups excluding carboxylic acids is 1. The van der Waals surface area contributed by atoms with Crippen LogP contribution in [0.2, 0.25) is 0 Å². The normalized spacial score (nSPS) is 12.7. The summed E-state index contributed by atoms with van der Waals surface area (Å²) in [6, 6.07) is 5.34. The summed E-state index contributed by atoms with van der Waals surface area (Å²) in [4.78, 5) is 22.8. The maximum absolute atomic E-state index is 13.2. The molecule has 0 spiro atoms. The fraction of sp³-hybridized carbons (Fsp3) is 0.312. The predicted molar refractivity (Wildman–Crippen MR) is 85.2 cm³/mol. The molecule has 2 aromatic rings. The third kappa shape index (κ3) is 4.20. The SMILES string of the molecule is CCOC(C)C(=O)Nc1ccc(-n2ncc(C(=O)O)c2C(F)(F)F)cc1. The van der Waals surface area contributed by atoms with E-state index in [-0.39, 0.29) is 5.69 Å². The number of carboxylic acid groups (broad SMARTS) is 1. The molecule has 0 bridgehead atoms. The molecule has 0 aliphatic rings. The Balaban J connectivity index is 2.29. The van der Waals surface area contributed by atoms with Crippen LogP contribution < -0.4 is 5.32 Å². The summed E-state index contributed by atoms with van der Waals surface area (Å²) >= 11 is 0. The van der Waals surface area contributed by atoms with E-state index in [4.69, 9.17) is 9.84 Å². The van der Waals surface area contributed by atoms with Crippen LogP contribution in [0.5, 0.6) is 0 Å². The summed E-state index contributed by atoms with van der Waals surface area (Å²) in [7, 11) is 0. The van der Waals surface area contributed by atoms with E-state index < -0.39 is 35.4 Å². The molecule has 10 heteroatoms. The van der Waals surface area contributed by atoms with Crippen LogP contribution in [0.3, 0.4) is 0 Å². The van der Waals surface area contributed by atoms with Crippen molar-refractivity contribution < 1.29 is 32.6 Å². The van der Waals surface area contributed by atoms with Crippen molar-refractivity contribution in [3.8, 4) is 5.69 Å². The molecule has 26 heavy (non-hydrogen) atoms. The summed E-state index contributed by atoms with van der Waals surface area (Å²) < 4.78 is 45.3. The van der Waals surface area contributed by atoms with Crippen molar-refractivity contribution in [1.82, 2.24) is 9.78 Å². The monoisotopic (exact) mass is 371 g/mol. The molecule has 140 valence electrons. The van der Waals surface area contributed by atoms with Gasteiger partial charge in [0.15, 0.2) is 5.69 Å². The summed E-state index contributed by atoms with van der Waals surface area (Å²) in [5.41, 5.74) is -1.97. The largest absolute Gasteiger partial charge is 0.478 e. The Bertz CT molecular complexity index is 800. The van der Waals surface area contributed by atoms with Gasteiger partial charge in [-0.15, -0.1) is 0 Å². The number of hydrogen-bond donors (Lipinski definition) is 2. The molecule has 1 unspecified atom stereocenters. The lowest BCUT2D eigenvalue weighted by molar-refractivity contribution is -0.143. The Kier molecular flexibility index (Phi) is 5.66. The van der Waals surface area contributed by atoms with Gasteiger partial charge < -0.3 is 15.2 Å². The second kappa shape index (κ2) is 7.56. The number of alkyl halides is 3. The van der Waals surface area contributed by atoms with E-state index in [1.807, 2.05) is 0 Å². The number of nitrogens with one attached hydrogen (secondary N) is 1. The Labute approximate surface area is 146 Å². The zero-order valence-corrected chi connectivity index (χ0v) is 13.9. The summed E-state index contributed by atoms with van der Waals surface area (Å²) in [5, 5.41) is 15.0. The highest BCUT2D eigenvalue weighted by molar-refractivity contribution is 5.94. The number of aromatic carboxylic acids is 1. The van der Waals surface area contributed by atoms with Crippen molar-refractivity contribution in [2.75, 3.05) is 11.9 Å². The predicted octanol–water partition coefficient (Wildman–Crippen LogP) is 2.95. The van der Waals surface area contributed by atoms with Gasteiger partial charge in [-0.3, -0.25) is 4.79 Å². The molecule has 1 amide bonds. The van der Waals surface area contributed by atoms with Crippen molar-refractivity contribution in [2.45, 2.75) is 26.1 Å². The number of rotatable bonds is 6. The standard InChI is InChI=1S/C16H16F3N3O4/c1-3-26-9(2)14(23)21-10-4-6-11(7-5-10)22-13(16(17,18)19)12(8-20-22)15(24)25/h4-9H,3H2,1-2H3,(H,21,23)(H,24,25).